The van der Waals surface area contributed by atoms with Gasteiger partial charge in [-0.3, -0.25) is 0 Å². The maximum Gasteiger partial charge on any atom is 0.0844 e. The minimum Gasteiger partial charge on any atom is -0.376 e. The first-order valence-corrected chi connectivity index (χ1v) is 5.92. The molecule has 2 N–H and O–H groups in total. The van der Waals surface area contributed by atoms with Gasteiger partial charge in [-0.1, -0.05) is 45.0 Å². The molecule has 16 heavy (non-hydrogen) atoms. The highest BCUT2D eigenvalue weighted by molar-refractivity contribution is 5.27. The summed E-state index contributed by atoms with van der Waals surface area (Å²) in [5.74, 6) is 0.914. The van der Waals surface area contributed by atoms with Crippen LogP contribution in [0, 0.1) is 5.92 Å². The first-order valence-electron chi connectivity index (χ1n) is 5.92. The molecule has 0 spiro atoms. The molecule has 0 aliphatic rings. The fourth-order valence-electron chi connectivity index (χ4n) is 1.94. The van der Waals surface area contributed by atoms with Crippen molar-refractivity contribution in [2.45, 2.75) is 32.8 Å². The summed E-state index contributed by atoms with van der Waals surface area (Å²) in [5, 5.41) is 0. The van der Waals surface area contributed by atoms with Crippen LogP contribution in [0.4, 0.5) is 0 Å². The number of hydrogen-bond donors (Lipinski definition) is 1. The molecule has 1 aromatic carbocycles. The molecule has 90 valence electrons. The van der Waals surface area contributed by atoms with Gasteiger partial charge in [0.05, 0.1) is 6.10 Å². The van der Waals surface area contributed by atoms with E-state index in [4.69, 9.17) is 10.5 Å². The Hall–Kier alpha value is -0.860. The van der Waals surface area contributed by atoms with Gasteiger partial charge in [0, 0.05) is 7.11 Å². The van der Waals surface area contributed by atoms with Crippen LogP contribution in [0.1, 0.15) is 43.9 Å². The van der Waals surface area contributed by atoms with Crippen LogP contribution in [0.25, 0.3) is 0 Å². The average Bonchev–Trinajstić information content (AvgIpc) is 2.29. The van der Waals surface area contributed by atoms with Crippen molar-refractivity contribution in [3.8, 4) is 0 Å². The first kappa shape index (κ1) is 13.2. The molecule has 0 aliphatic carbocycles. The lowest BCUT2D eigenvalue weighted by Crippen LogP contribution is -2.11. The van der Waals surface area contributed by atoms with Crippen LogP contribution in [0.15, 0.2) is 24.3 Å². The Morgan fingerprint density at radius 2 is 1.56 bits per heavy atom. The zero-order valence-corrected chi connectivity index (χ0v) is 10.7. The Labute approximate surface area is 98.8 Å². The molecule has 0 saturated heterocycles. The van der Waals surface area contributed by atoms with E-state index in [9.17, 15) is 0 Å². The number of nitrogens with two attached hydrogens (primary N) is 1. The predicted molar refractivity (Wildman–Crippen MR) is 68.5 cm³/mol. The fraction of sp³-hybridized carbons (Fsp3) is 0.571. The Bertz CT molecular complexity index is 305. The van der Waals surface area contributed by atoms with E-state index < -0.39 is 0 Å². The summed E-state index contributed by atoms with van der Waals surface area (Å²) in [6, 6.07) is 8.60. The third-order valence-corrected chi connectivity index (χ3v) is 3.05. The van der Waals surface area contributed by atoms with Crippen LogP contribution in [0.5, 0.6) is 0 Å². The number of hydrogen-bond acceptors (Lipinski definition) is 2. The summed E-state index contributed by atoms with van der Waals surface area (Å²) in [6.45, 7) is 7.18. The molecule has 0 heterocycles. The van der Waals surface area contributed by atoms with Gasteiger partial charge < -0.3 is 10.5 Å². The summed E-state index contributed by atoms with van der Waals surface area (Å²) in [6.07, 6.45) is 0.183. The van der Waals surface area contributed by atoms with E-state index >= 15 is 0 Å². The molecule has 0 radical (unpaired) electrons. The Kier molecular flexibility index (Phi) is 4.97. The number of rotatable bonds is 5. The molecule has 0 bridgehead atoms. The number of ether oxygens (including phenoxy) is 1. The molecule has 0 aromatic heterocycles. The highest BCUT2D eigenvalue weighted by Gasteiger charge is 2.14. The van der Waals surface area contributed by atoms with Gasteiger partial charge in [0.15, 0.2) is 0 Å². The molecule has 0 fully saturated rings. The fourth-order valence-corrected chi connectivity index (χ4v) is 1.94. The quantitative estimate of drug-likeness (QED) is 0.829. The van der Waals surface area contributed by atoms with E-state index in [1.54, 1.807) is 7.11 Å². The molecule has 0 amide bonds. The molecule has 0 aliphatic heterocycles. The second-order valence-corrected chi connectivity index (χ2v) is 4.70. The van der Waals surface area contributed by atoms with Crippen molar-refractivity contribution in [2.24, 2.45) is 11.7 Å². The topological polar surface area (TPSA) is 35.2 Å². The summed E-state index contributed by atoms with van der Waals surface area (Å²) in [5.41, 5.74) is 8.19. The molecular formula is C14H23NO. The number of benzene rings is 1. The molecule has 2 unspecified atom stereocenters. The van der Waals surface area contributed by atoms with Crippen LogP contribution >= 0.6 is 0 Å². The molecule has 2 heteroatoms. The summed E-state index contributed by atoms with van der Waals surface area (Å²) in [7, 11) is 1.76. The smallest absolute Gasteiger partial charge is 0.0844 e. The third kappa shape index (κ3) is 3.06. The molecular weight excluding hydrogens is 198 g/mol. The monoisotopic (exact) mass is 221 g/mol. The predicted octanol–water partition coefficient (Wildman–Crippen LogP) is 3.09. The van der Waals surface area contributed by atoms with E-state index in [-0.39, 0.29) is 6.10 Å². The minimum atomic E-state index is 0.183. The second-order valence-electron chi connectivity index (χ2n) is 4.70. The van der Waals surface area contributed by atoms with Gasteiger partial charge in [-0.05, 0) is 29.5 Å². The average molecular weight is 221 g/mol. The van der Waals surface area contributed by atoms with Crippen molar-refractivity contribution < 1.29 is 4.74 Å². The van der Waals surface area contributed by atoms with Gasteiger partial charge in [-0.25, -0.2) is 0 Å². The first-order chi connectivity index (χ1) is 7.60. The van der Waals surface area contributed by atoms with Gasteiger partial charge in [0.2, 0.25) is 0 Å². The lowest BCUT2D eigenvalue weighted by atomic mass is 9.95. The lowest BCUT2D eigenvalue weighted by Gasteiger charge is -2.20. The van der Waals surface area contributed by atoms with Crippen LogP contribution in [-0.4, -0.2) is 13.7 Å². The van der Waals surface area contributed by atoms with Crippen molar-refractivity contribution in [1.82, 2.24) is 0 Å². The van der Waals surface area contributed by atoms with Gasteiger partial charge in [-0.2, -0.15) is 0 Å². The van der Waals surface area contributed by atoms with Crippen molar-refractivity contribution in [3.05, 3.63) is 35.4 Å². The maximum absolute atomic E-state index is 5.65. The lowest BCUT2D eigenvalue weighted by molar-refractivity contribution is 0.0646. The van der Waals surface area contributed by atoms with Crippen molar-refractivity contribution >= 4 is 0 Å². The molecule has 2 nitrogen and oxygen atoms in total. The van der Waals surface area contributed by atoms with E-state index in [1.807, 2.05) is 0 Å². The van der Waals surface area contributed by atoms with Crippen molar-refractivity contribution in [3.63, 3.8) is 0 Å². The summed E-state index contributed by atoms with van der Waals surface area (Å²) >= 11 is 0. The van der Waals surface area contributed by atoms with Gasteiger partial charge in [0.25, 0.3) is 0 Å². The zero-order valence-electron chi connectivity index (χ0n) is 10.7. The van der Waals surface area contributed by atoms with E-state index in [1.165, 1.54) is 11.1 Å². The largest absolute Gasteiger partial charge is 0.376 e. The normalized spacial score (nSPS) is 15.1. The van der Waals surface area contributed by atoms with E-state index in [0.29, 0.717) is 18.4 Å². The minimum absolute atomic E-state index is 0.183. The highest BCUT2D eigenvalue weighted by atomic mass is 16.5. The van der Waals surface area contributed by atoms with Crippen LogP contribution in [-0.2, 0) is 4.74 Å². The van der Waals surface area contributed by atoms with Crippen LogP contribution in [0.3, 0.4) is 0 Å². The van der Waals surface area contributed by atoms with Crippen molar-refractivity contribution in [1.29, 1.82) is 0 Å². The Morgan fingerprint density at radius 1 is 1.06 bits per heavy atom. The van der Waals surface area contributed by atoms with Gasteiger partial charge >= 0.3 is 0 Å². The van der Waals surface area contributed by atoms with Gasteiger partial charge in [-0.15, -0.1) is 0 Å². The van der Waals surface area contributed by atoms with E-state index in [2.05, 4.69) is 45.0 Å². The molecule has 1 rings (SSSR count). The molecule has 2 atom stereocenters. The SMILES string of the molecule is COC(c1ccc(C(C)CN)cc1)C(C)C. The third-order valence-electron chi connectivity index (χ3n) is 3.05. The Morgan fingerprint density at radius 3 is 1.94 bits per heavy atom. The molecule has 0 saturated carbocycles. The number of methoxy groups -OCH3 is 1. The Balaban J connectivity index is 2.85. The van der Waals surface area contributed by atoms with Gasteiger partial charge in [0.1, 0.15) is 0 Å². The zero-order chi connectivity index (χ0) is 12.1. The van der Waals surface area contributed by atoms with Crippen LogP contribution < -0.4 is 5.73 Å². The molecule has 1 aromatic rings. The van der Waals surface area contributed by atoms with E-state index in [0.717, 1.165) is 0 Å². The second kappa shape index (κ2) is 6.02. The summed E-state index contributed by atoms with van der Waals surface area (Å²) < 4.78 is 5.50. The standard InChI is InChI=1S/C14H23NO/c1-10(2)14(16-4)13-7-5-12(6-8-13)11(3)9-15/h5-8,10-11,14H,9,15H2,1-4H3. The van der Waals surface area contributed by atoms with Crippen molar-refractivity contribution in [2.75, 3.05) is 13.7 Å². The van der Waals surface area contributed by atoms with Crippen LogP contribution in [0.2, 0.25) is 0 Å². The maximum atomic E-state index is 5.65. The summed E-state index contributed by atoms with van der Waals surface area (Å²) in [4.78, 5) is 0. The highest BCUT2D eigenvalue weighted by Crippen LogP contribution is 2.26.